The highest BCUT2D eigenvalue weighted by atomic mass is 16.4. The summed E-state index contributed by atoms with van der Waals surface area (Å²) in [4.78, 5) is 10.4. The van der Waals surface area contributed by atoms with Crippen molar-refractivity contribution in [1.82, 2.24) is 0 Å². The van der Waals surface area contributed by atoms with Crippen LogP contribution in [-0.4, -0.2) is 11.1 Å². The maximum absolute atomic E-state index is 10.4. The fourth-order valence-electron chi connectivity index (χ4n) is 2.88. The van der Waals surface area contributed by atoms with Crippen LogP contribution >= 0.6 is 0 Å². The number of carbonyl (C=O) groups is 1. The average molecular weight is 325 g/mol. The summed E-state index contributed by atoms with van der Waals surface area (Å²) >= 11 is 0. The van der Waals surface area contributed by atoms with E-state index in [4.69, 9.17) is 5.11 Å². The topological polar surface area (TPSA) is 37.3 Å². The largest absolute Gasteiger partial charge is 0.481 e. The molecule has 0 aromatic carbocycles. The first-order chi connectivity index (χ1) is 11.3. The molecule has 0 amide bonds. The minimum absolute atomic E-state index is 0.335. The van der Waals surface area contributed by atoms with Crippen LogP contribution in [0.2, 0.25) is 0 Å². The first-order valence-corrected chi connectivity index (χ1v) is 10.1. The molecule has 0 aromatic heterocycles. The molecule has 0 radical (unpaired) electrons. The van der Waals surface area contributed by atoms with Gasteiger partial charge in [-0.25, -0.2) is 0 Å². The number of allylic oxidation sites excluding steroid dienone is 2. The summed E-state index contributed by atoms with van der Waals surface area (Å²) in [6, 6.07) is 0. The van der Waals surface area contributed by atoms with Gasteiger partial charge >= 0.3 is 5.97 Å². The lowest BCUT2D eigenvalue weighted by Crippen LogP contribution is -1.93. The van der Waals surface area contributed by atoms with Crippen molar-refractivity contribution in [2.24, 2.45) is 0 Å². The van der Waals surface area contributed by atoms with Crippen molar-refractivity contribution < 1.29 is 9.90 Å². The van der Waals surface area contributed by atoms with Crippen LogP contribution in [0.15, 0.2) is 12.2 Å². The molecule has 0 unspecified atom stereocenters. The van der Waals surface area contributed by atoms with Gasteiger partial charge in [-0.1, -0.05) is 89.7 Å². The molecule has 136 valence electrons. The second-order valence-electron chi connectivity index (χ2n) is 6.79. The Morgan fingerprint density at radius 2 is 1.04 bits per heavy atom. The molecule has 1 N–H and O–H groups in total. The van der Waals surface area contributed by atoms with Gasteiger partial charge in [0.15, 0.2) is 0 Å². The van der Waals surface area contributed by atoms with Crippen molar-refractivity contribution in [3.05, 3.63) is 12.2 Å². The fraction of sp³-hybridized carbons (Fsp3) is 0.857. The lowest BCUT2D eigenvalue weighted by atomic mass is 10.1. The molecular weight excluding hydrogens is 284 g/mol. The van der Waals surface area contributed by atoms with Crippen LogP contribution in [0, 0.1) is 0 Å². The van der Waals surface area contributed by atoms with Gasteiger partial charge in [-0.2, -0.15) is 0 Å². The summed E-state index contributed by atoms with van der Waals surface area (Å²) in [6.07, 6.45) is 25.7. The first kappa shape index (κ1) is 22.2. The van der Waals surface area contributed by atoms with Gasteiger partial charge in [0.05, 0.1) is 0 Å². The molecule has 0 aliphatic carbocycles. The number of aliphatic carboxylic acids is 1. The molecule has 0 saturated heterocycles. The number of unbranched alkanes of at least 4 members (excludes halogenated alkanes) is 14. The highest BCUT2D eigenvalue weighted by Gasteiger charge is 1.96. The van der Waals surface area contributed by atoms with E-state index in [0.717, 1.165) is 12.8 Å². The summed E-state index contributed by atoms with van der Waals surface area (Å²) in [5.41, 5.74) is 0. The van der Waals surface area contributed by atoms with Crippen molar-refractivity contribution in [3.63, 3.8) is 0 Å². The summed E-state index contributed by atoms with van der Waals surface area (Å²) in [6.45, 7) is 2.27. The Hall–Kier alpha value is -0.790. The average Bonchev–Trinajstić information content (AvgIpc) is 2.53. The molecule has 0 atom stereocenters. The molecule has 0 heterocycles. The zero-order chi connectivity index (χ0) is 17.0. The molecule has 23 heavy (non-hydrogen) atoms. The normalized spacial score (nSPS) is 11.3. The molecule has 0 rings (SSSR count). The highest BCUT2D eigenvalue weighted by molar-refractivity contribution is 5.66. The van der Waals surface area contributed by atoms with E-state index in [1.165, 1.54) is 89.9 Å². The Morgan fingerprint density at radius 3 is 1.48 bits per heavy atom. The predicted molar refractivity (Wildman–Crippen MR) is 101 cm³/mol. The number of hydrogen-bond acceptors (Lipinski definition) is 1. The molecule has 0 aromatic rings. The number of rotatable bonds is 18. The van der Waals surface area contributed by atoms with E-state index < -0.39 is 5.97 Å². The standard InChI is InChI=1S/C21H40O2/c1-2-3-4-5-6-7-8-9-10-11-12-13-14-15-16-17-18-19-20-21(22)23/h11-12H,2-10,13-20H2,1H3,(H,22,23)/b12-11+. The number of hydrogen-bond donors (Lipinski definition) is 1. The monoisotopic (exact) mass is 324 g/mol. The van der Waals surface area contributed by atoms with Crippen molar-refractivity contribution >= 4 is 5.97 Å². The SMILES string of the molecule is CCCCCCCCCC/C=C/CCCCCCCCC(=O)O. The zero-order valence-corrected chi connectivity index (χ0v) is 15.5. The second kappa shape index (κ2) is 19.3. The van der Waals surface area contributed by atoms with Crippen LogP contribution in [0.5, 0.6) is 0 Å². The summed E-state index contributed by atoms with van der Waals surface area (Å²) < 4.78 is 0. The van der Waals surface area contributed by atoms with Crippen molar-refractivity contribution in [3.8, 4) is 0 Å². The van der Waals surface area contributed by atoms with E-state index in [-0.39, 0.29) is 0 Å². The predicted octanol–water partition coefficient (Wildman–Crippen LogP) is 7.28. The zero-order valence-electron chi connectivity index (χ0n) is 15.5. The maximum Gasteiger partial charge on any atom is 0.303 e. The molecule has 0 aliphatic heterocycles. The van der Waals surface area contributed by atoms with E-state index in [9.17, 15) is 4.79 Å². The van der Waals surface area contributed by atoms with Crippen LogP contribution in [-0.2, 0) is 4.79 Å². The minimum atomic E-state index is -0.661. The van der Waals surface area contributed by atoms with Crippen molar-refractivity contribution in [2.45, 2.75) is 116 Å². The molecule has 2 nitrogen and oxygen atoms in total. The van der Waals surface area contributed by atoms with Gasteiger partial charge in [-0.05, 0) is 32.1 Å². The van der Waals surface area contributed by atoms with E-state index in [1.54, 1.807) is 0 Å². The molecule has 0 saturated carbocycles. The Morgan fingerprint density at radius 1 is 0.652 bits per heavy atom. The third kappa shape index (κ3) is 21.2. The second-order valence-corrected chi connectivity index (χ2v) is 6.79. The summed E-state index contributed by atoms with van der Waals surface area (Å²) in [5.74, 6) is -0.661. The molecule has 0 spiro atoms. The van der Waals surface area contributed by atoms with Crippen LogP contribution in [0.3, 0.4) is 0 Å². The summed E-state index contributed by atoms with van der Waals surface area (Å²) in [7, 11) is 0. The van der Waals surface area contributed by atoms with Crippen LogP contribution in [0.4, 0.5) is 0 Å². The quantitative estimate of drug-likeness (QED) is 0.212. The molecule has 0 aliphatic rings. The third-order valence-electron chi connectivity index (χ3n) is 4.40. The van der Waals surface area contributed by atoms with Gasteiger partial charge in [-0.3, -0.25) is 4.79 Å². The Balaban J connectivity index is 3.07. The lowest BCUT2D eigenvalue weighted by Gasteiger charge is -2.00. The van der Waals surface area contributed by atoms with Gasteiger partial charge in [0.2, 0.25) is 0 Å². The van der Waals surface area contributed by atoms with Crippen LogP contribution < -0.4 is 0 Å². The maximum atomic E-state index is 10.4. The van der Waals surface area contributed by atoms with Crippen molar-refractivity contribution in [2.75, 3.05) is 0 Å². The van der Waals surface area contributed by atoms with E-state index >= 15 is 0 Å². The Labute approximate surface area is 144 Å². The smallest absolute Gasteiger partial charge is 0.303 e. The Bertz CT molecular complexity index is 271. The number of carboxylic acid groups (broad SMARTS) is 1. The van der Waals surface area contributed by atoms with E-state index in [0.29, 0.717) is 6.42 Å². The van der Waals surface area contributed by atoms with Gasteiger partial charge in [0.25, 0.3) is 0 Å². The van der Waals surface area contributed by atoms with Crippen LogP contribution in [0.1, 0.15) is 116 Å². The van der Waals surface area contributed by atoms with Gasteiger partial charge in [0.1, 0.15) is 0 Å². The van der Waals surface area contributed by atoms with Crippen LogP contribution in [0.25, 0.3) is 0 Å². The number of carboxylic acids is 1. The molecule has 0 fully saturated rings. The van der Waals surface area contributed by atoms with Gasteiger partial charge in [-0.15, -0.1) is 0 Å². The third-order valence-corrected chi connectivity index (χ3v) is 4.40. The van der Waals surface area contributed by atoms with Gasteiger partial charge < -0.3 is 5.11 Å². The molecule has 0 bridgehead atoms. The lowest BCUT2D eigenvalue weighted by molar-refractivity contribution is -0.137. The van der Waals surface area contributed by atoms with E-state index in [1.807, 2.05) is 0 Å². The van der Waals surface area contributed by atoms with Gasteiger partial charge in [0, 0.05) is 6.42 Å². The molecule has 2 heteroatoms. The van der Waals surface area contributed by atoms with E-state index in [2.05, 4.69) is 19.1 Å². The first-order valence-electron chi connectivity index (χ1n) is 10.1. The fourth-order valence-corrected chi connectivity index (χ4v) is 2.88. The molecular formula is C21H40O2. The Kier molecular flexibility index (Phi) is 18.6. The minimum Gasteiger partial charge on any atom is -0.481 e. The highest BCUT2D eigenvalue weighted by Crippen LogP contribution is 2.11. The summed E-state index contributed by atoms with van der Waals surface area (Å²) in [5, 5.41) is 8.54. The van der Waals surface area contributed by atoms with Crippen molar-refractivity contribution in [1.29, 1.82) is 0 Å².